The van der Waals surface area contributed by atoms with Gasteiger partial charge in [-0.25, -0.2) is 0 Å². The SMILES string of the molecule is CSCCCC(C)C(O)c1ccccc1. The second-order valence-electron chi connectivity index (χ2n) is 3.97. The fourth-order valence-corrected chi connectivity index (χ4v) is 2.14. The normalized spacial score (nSPS) is 14.9. The van der Waals surface area contributed by atoms with E-state index in [0.29, 0.717) is 5.92 Å². The quantitative estimate of drug-likeness (QED) is 0.746. The number of thioether (sulfide) groups is 1. The topological polar surface area (TPSA) is 20.2 Å². The maximum atomic E-state index is 10.1. The van der Waals surface area contributed by atoms with Crippen LogP contribution in [0.15, 0.2) is 30.3 Å². The summed E-state index contributed by atoms with van der Waals surface area (Å²) in [5.74, 6) is 1.53. The van der Waals surface area contributed by atoms with Gasteiger partial charge in [0.2, 0.25) is 0 Å². The second kappa shape index (κ2) is 6.91. The van der Waals surface area contributed by atoms with E-state index in [2.05, 4.69) is 13.2 Å². The summed E-state index contributed by atoms with van der Waals surface area (Å²) in [6.07, 6.45) is 4.09. The van der Waals surface area contributed by atoms with Crippen molar-refractivity contribution in [2.45, 2.75) is 25.9 Å². The first-order chi connectivity index (χ1) is 7.25. The van der Waals surface area contributed by atoms with Crippen LogP contribution in [0.1, 0.15) is 31.4 Å². The van der Waals surface area contributed by atoms with Gasteiger partial charge in [0.15, 0.2) is 0 Å². The lowest BCUT2D eigenvalue weighted by molar-refractivity contribution is 0.112. The van der Waals surface area contributed by atoms with Gasteiger partial charge in [-0.05, 0) is 36.3 Å². The minimum atomic E-state index is -0.312. The van der Waals surface area contributed by atoms with Gasteiger partial charge in [0, 0.05) is 0 Å². The molecule has 0 saturated heterocycles. The van der Waals surface area contributed by atoms with E-state index in [1.807, 2.05) is 42.1 Å². The van der Waals surface area contributed by atoms with Crippen LogP contribution in [-0.2, 0) is 0 Å². The van der Waals surface area contributed by atoms with Crippen LogP contribution >= 0.6 is 11.8 Å². The average Bonchev–Trinajstić information content (AvgIpc) is 2.29. The molecule has 84 valence electrons. The van der Waals surface area contributed by atoms with Gasteiger partial charge in [-0.1, -0.05) is 37.3 Å². The minimum Gasteiger partial charge on any atom is -0.388 e. The highest BCUT2D eigenvalue weighted by Gasteiger charge is 2.15. The first kappa shape index (κ1) is 12.6. The van der Waals surface area contributed by atoms with E-state index in [9.17, 15) is 5.11 Å². The Kier molecular flexibility index (Phi) is 5.81. The Bertz CT molecular complexity index is 260. The maximum absolute atomic E-state index is 10.1. The molecular weight excluding hydrogens is 204 g/mol. The summed E-state index contributed by atoms with van der Waals surface area (Å²) in [5, 5.41) is 10.1. The largest absolute Gasteiger partial charge is 0.388 e. The number of benzene rings is 1. The molecule has 2 unspecified atom stereocenters. The van der Waals surface area contributed by atoms with Gasteiger partial charge in [-0.15, -0.1) is 0 Å². The van der Waals surface area contributed by atoms with Crippen molar-refractivity contribution in [3.05, 3.63) is 35.9 Å². The van der Waals surface area contributed by atoms with Crippen LogP contribution in [0.4, 0.5) is 0 Å². The zero-order valence-electron chi connectivity index (χ0n) is 9.52. The number of rotatable bonds is 6. The fraction of sp³-hybridized carbons (Fsp3) is 0.538. The molecule has 2 atom stereocenters. The summed E-state index contributed by atoms with van der Waals surface area (Å²) in [5.41, 5.74) is 1.04. The van der Waals surface area contributed by atoms with Crippen LogP contribution in [0, 0.1) is 5.92 Å². The molecular formula is C13H20OS. The first-order valence-electron chi connectivity index (χ1n) is 5.47. The molecule has 0 amide bonds. The third kappa shape index (κ3) is 4.27. The van der Waals surface area contributed by atoms with Crippen molar-refractivity contribution in [2.75, 3.05) is 12.0 Å². The van der Waals surface area contributed by atoms with E-state index in [1.165, 1.54) is 12.2 Å². The van der Waals surface area contributed by atoms with Gasteiger partial charge >= 0.3 is 0 Å². The van der Waals surface area contributed by atoms with E-state index >= 15 is 0 Å². The van der Waals surface area contributed by atoms with E-state index in [0.717, 1.165) is 12.0 Å². The summed E-state index contributed by atoms with van der Waals surface area (Å²) in [7, 11) is 0. The van der Waals surface area contributed by atoms with E-state index in [1.54, 1.807) is 0 Å². The summed E-state index contributed by atoms with van der Waals surface area (Å²) < 4.78 is 0. The van der Waals surface area contributed by atoms with Crippen molar-refractivity contribution < 1.29 is 5.11 Å². The summed E-state index contributed by atoms with van der Waals surface area (Å²) in [6, 6.07) is 9.93. The second-order valence-corrected chi connectivity index (χ2v) is 4.95. The van der Waals surface area contributed by atoms with Gasteiger partial charge in [0.1, 0.15) is 0 Å². The first-order valence-corrected chi connectivity index (χ1v) is 6.87. The minimum absolute atomic E-state index is 0.312. The zero-order chi connectivity index (χ0) is 11.1. The van der Waals surface area contributed by atoms with Gasteiger partial charge in [0.25, 0.3) is 0 Å². The maximum Gasteiger partial charge on any atom is 0.0815 e. The van der Waals surface area contributed by atoms with E-state index in [4.69, 9.17) is 0 Å². The highest BCUT2D eigenvalue weighted by atomic mass is 32.2. The molecule has 0 spiro atoms. The molecule has 1 N–H and O–H groups in total. The van der Waals surface area contributed by atoms with Crippen molar-refractivity contribution in [1.82, 2.24) is 0 Å². The Labute approximate surface area is 96.9 Å². The lowest BCUT2D eigenvalue weighted by Crippen LogP contribution is -2.09. The number of aliphatic hydroxyl groups excluding tert-OH is 1. The Hall–Kier alpha value is -0.470. The van der Waals surface area contributed by atoms with Gasteiger partial charge in [-0.3, -0.25) is 0 Å². The number of aliphatic hydroxyl groups is 1. The molecule has 0 fully saturated rings. The summed E-state index contributed by atoms with van der Waals surface area (Å²) in [4.78, 5) is 0. The molecule has 0 radical (unpaired) electrons. The van der Waals surface area contributed by atoms with E-state index < -0.39 is 0 Å². The lowest BCUT2D eigenvalue weighted by atomic mass is 9.94. The fourth-order valence-electron chi connectivity index (χ4n) is 1.69. The Balaban J connectivity index is 2.42. The molecule has 0 aromatic heterocycles. The molecule has 1 aromatic carbocycles. The Morgan fingerprint density at radius 2 is 1.93 bits per heavy atom. The zero-order valence-corrected chi connectivity index (χ0v) is 10.3. The van der Waals surface area contributed by atoms with Crippen LogP contribution in [0.25, 0.3) is 0 Å². The lowest BCUT2D eigenvalue weighted by Gasteiger charge is -2.18. The molecule has 0 aliphatic heterocycles. The smallest absolute Gasteiger partial charge is 0.0815 e. The van der Waals surface area contributed by atoms with Crippen LogP contribution in [-0.4, -0.2) is 17.1 Å². The van der Waals surface area contributed by atoms with Gasteiger partial charge in [-0.2, -0.15) is 11.8 Å². The Morgan fingerprint density at radius 3 is 2.53 bits per heavy atom. The summed E-state index contributed by atoms with van der Waals surface area (Å²) in [6.45, 7) is 2.12. The van der Waals surface area contributed by atoms with Gasteiger partial charge in [0.05, 0.1) is 6.10 Å². The predicted molar refractivity (Wildman–Crippen MR) is 68.2 cm³/mol. The predicted octanol–water partition coefficient (Wildman–Crippen LogP) is 3.50. The standard InChI is InChI=1S/C13H20OS/c1-11(7-6-10-15-2)13(14)12-8-4-3-5-9-12/h3-5,8-9,11,13-14H,6-7,10H2,1-2H3. The van der Waals surface area contributed by atoms with Crippen molar-refractivity contribution in [3.63, 3.8) is 0 Å². The van der Waals surface area contributed by atoms with E-state index in [-0.39, 0.29) is 6.10 Å². The number of hydrogen-bond donors (Lipinski definition) is 1. The molecule has 0 aliphatic carbocycles. The average molecular weight is 224 g/mol. The van der Waals surface area contributed by atoms with Crippen molar-refractivity contribution in [3.8, 4) is 0 Å². The van der Waals surface area contributed by atoms with Crippen LogP contribution in [0.3, 0.4) is 0 Å². The highest BCUT2D eigenvalue weighted by Crippen LogP contribution is 2.25. The Morgan fingerprint density at radius 1 is 1.27 bits per heavy atom. The van der Waals surface area contributed by atoms with Crippen LogP contribution in [0.2, 0.25) is 0 Å². The van der Waals surface area contributed by atoms with Crippen molar-refractivity contribution in [1.29, 1.82) is 0 Å². The monoisotopic (exact) mass is 224 g/mol. The van der Waals surface area contributed by atoms with Crippen LogP contribution < -0.4 is 0 Å². The third-order valence-electron chi connectivity index (χ3n) is 2.69. The molecule has 0 bridgehead atoms. The van der Waals surface area contributed by atoms with Crippen LogP contribution in [0.5, 0.6) is 0 Å². The van der Waals surface area contributed by atoms with Crippen molar-refractivity contribution in [2.24, 2.45) is 5.92 Å². The summed E-state index contributed by atoms with van der Waals surface area (Å²) >= 11 is 1.87. The highest BCUT2D eigenvalue weighted by molar-refractivity contribution is 7.98. The molecule has 15 heavy (non-hydrogen) atoms. The third-order valence-corrected chi connectivity index (χ3v) is 3.38. The molecule has 0 aliphatic rings. The molecule has 1 nitrogen and oxygen atoms in total. The number of hydrogen-bond acceptors (Lipinski definition) is 2. The molecule has 0 saturated carbocycles. The molecule has 1 rings (SSSR count). The van der Waals surface area contributed by atoms with Gasteiger partial charge < -0.3 is 5.11 Å². The molecule has 1 aromatic rings. The molecule has 0 heterocycles. The molecule has 2 heteroatoms. The van der Waals surface area contributed by atoms with Crippen molar-refractivity contribution >= 4 is 11.8 Å².